The number of fused-ring (bicyclic) bond motifs is 1. The zero-order chi connectivity index (χ0) is 15.3. The summed E-state index contributed by atoms with van der Waals surface area (Å²) in [5.74, 6) is 1.38. The van der Waals surface area contributed by atoms with Gasteiger partial charge in [0.05, 0.1) is 11.4 Å². The van der Waals surface area contributed by atoms with E-state index in [0.29, 0.717) is 17.8 Å². The minimum absolute atomic E-state index is 0.421. The van der Waals surface area contributed by atoms with Crippen molar-refractivity contribution >= 4 is 34.6 Å². The lowest BCUT2D eigenvalue weighted by Crippen LogP contribution is -2.15. The third-order valence-electron chi connectivity index (χ3n) is 4.52. The molecule has 0 spiro atoms. The lowest BCUT2D eigenvalue weighted by Gasteiger charge is -2.12. The van der Waals surface area contributed by atoms with Crippen LogP contribution < -0.4 is 0 Å². The molecule has 2 aromatic carbocycles. The number of nitrogens with zero attached hydrogens (tertiary/aromatic N) is 2. The second kappa shape index (κ2) is 5.22. The van der Waals surface area contributed by atoms with E-state index < -0.39 is 0 Å². The van der Waals surface area contributed by atoms with Crippen LogP contribution in [-0.4, -0.2) is 11.4 Å². The molecule has 0 saturated heterocycles. The second-order valence-corrected chi connectivity index (χ2v) is 6.77. The van der Waals surface area contributed by atoms with Crippen molar-refractivity contribution in [3.05, 3.63) is 69.7 Å². The molecule has 3 atom stereocenters. The smallest absolute Gasteiger partial charge is 0.0743 e. The van der Waals surface area contributed by atoms with Gasteiger partial charge in [0.25, 0.3) is 0 Å². The summed E-state index contributed by atoms with van der Waals surface area (Å²) in [5.41, 5.74) is 4.23. The molecule has 0 N–H and O–H groups in total. The fraction of sp³-hybridized carbons (Fsp3) is 0.222. The van der Waals surface area contributed by atoms with E-state index >= 15 is 0 Å². The van der Waals surface area contributed by atoms with E-state index in [0.717, 1.165) is 32.6 Å². The van der Waals surface area contributed by atoms with Crippen LogP contribution in [0.25, 0.3) is 0 Å². The van der Waals surface area contributed by atoms with Gasteiger partial charge in [0.15, 0.2) is 0 Å². The number of rotatable bonds is 2. The van der Waals surface area contributed by atoms with Crippen molar-refractivity contribution < 1.29 is 0 Å². The van der Waals surface area contributed by atoms with E-state index in [9.17, 15) is 0 Å². The first-order chi connectivity index (χ1) is 10.6. The topological polar surface area (TPSA) is 24.7 Å². The number of halogens is 2. The van der Waals surface area contributed by atoms with Crippen molar-refractivity contribution in [2.24, 2.45) is 28.0 Å². The summed E-state index contributed by atoms with van der Waals surface area (Å²) in [6.45, 7) is 2.25. The van der Waals surface area contributed by atoms with Crippen LogP contribution in [0.3, 0.4) is 0 Å². The Hall–Kier alpha value is -1.64. The SMILES string of the molecule is CC1[C@H]2C(c3cccc(Cl)c3)=NN=C(c3cccc(Cl)c3)[C@@H]12. The highest BCUT2D eigenvalue weighted by atomic mass is 35.5. The van der Waals surface area contributed by atoms with Crippen LogP contribution in [-0.2, 0) is 0 Å². The molecule has 2 aliphatic rings. The van der Waals surface area contributed by atoms with Gasteiger partial charge in [-0.05, 0) is 41.3 Å². The van der Waals surface area contributed by atoms with Gasteiger partial charge in [-0.25, -0.2) is 0 Å². The Bertz CT molecular complexity index is 743. The van der Waals surface area contributed by atoms with E-state index in [1.165, 1.54) is 0 Å². The van der Waals surface area contributed by atoms with Crippen molar-refractivity contribution in [2.75, 3.05) is 0 Å². The summed E-state index contributed by atoms with van der Waals surface area (Å²) in [6, 6.07) is 15.7. The summed E-state index contributed by atoms with van der Waals surface area (Å²) in [5, 5.41) is 10.5. The second-order valence-electron chi connectivity index (χ2n) is 5.90. The standard InChI is InChI=1S/C18H14Cl2N2/c1-10-15-16(10)18(12-5-3-7-14(20)9-12)22-21-17(15)11-4-2-6-13(19)8-11/h2-10,15-16H,1H3/t10?,15-,16+. The van der Waals surface area contributed by atoms with Crippen molar-refractivity contribution in [3.8, 4) is 0 Å². The van der Waals surface area contributed by atoms with Crippen LogP contribution in [0.4, 0.5) is 0 Å². The zero-order valence-corrected chi connectivity index (χ0v) is 13.5. The highest BCUT2D eigenvalue weighted by molar-refractivity contribution is 6.31. The molecule has 2 nitrogen and oxygen atoms in total. The lowest BCUT2D eigenvalue weighted by atomic mass is 9.99. The highest BCUT2D eigenvalue weighted by Gasteiger charge is 2.54. The molecule has 110 valence electrons. The molecule has 1 heterocycles. The van der Waals surface area contributed by atoms with Crippen LogP contribution in [0.15, 0.2) is 58.7 Å². The summed E-state index contributed by atoms with van der Waals surface area (Å²) in [6.07, 6.45) is 0. The molecular weight excluding hydrogens is 315 g/mol. The van der Waals surface area contributed by atoms with Crippen molar-refractivity contribution in [1.29, 1.82) is 0 Å². The molecule has 1 unspecified atom stereocenters. The molecule has 1 fully saturated rings. The summed E-state index contributed by atoms with van der Waals surface area (Å²) in [4.78, 5) is 0. The van der Waals surface area contributed by atoms with Gasteiger partial charge in [-0.15, -0.1) is 0 Å². The molecule has 0 aromatic heterocycles. The van der Waals surface area contributed by atoms with Crippen molar-refractivity contribution in [1.82, 2.24) is 0 Å². The molecule has 22 heavy (non-hydrogen) atoms. The molecule has 0 amide bonds. The average Bonchev–Trinajstić information content (AvgIpc) is 3.18. The molecule has 1 aliphatic carbocycles. The van der Waals surface area contributed by atoms with Crippen LogP contribution in [0.2, 0.25) is 10.0 Å². The molecule has 4 heteroatoms. The van der Waals surface area contributed by atoms with Crippen LogP contribution >= 0.6 is 23.2 Å². The number of hydrogen-bond acceptors (Lipinski definition) is 2. The third-order valence-corrected chi connectivity index (χ3v) is 4.99. The molecule has 4 rings (SSSR count). The molecule has 1 aliphatic heterocycles. The monoisotopic (exact) mass is 328 g/mol. The molecule has 0 bridgehead atoms. The highest BCUT2D eigenvalue weighted by Crippen LogP contribution is 2.52. The van der Waals surface area contributed by atoms with Crippen molar-refractivity contribution in [3.63, 3.8) is 0 Å². The van der Waals surface area contributed by atoms with Gasteiger partial charge in [0.2, 0.25) is 0 Å². The molecular formula is C18H14Cl2N2. The van der Waals surface area contributed by atoms with Gasteiger partial charge in [-0.2, -0.15) is 10.2 Å². The molecule has 2 aromatic rings. The Morgan fingerprint density at radius 1 is 0.773 bits per heavy atom. The Balaban J connectivity index is 1.76. The number of hydrogen-bond donors (Lipinski definition) is 0. The fourth-order valence-corrected chi connectivity index (χ4v) is 3.72. The summed E-state index contributed by atoms with van der Waals surface area (Å²) in [7, 11) is 0. The van der Waals surface area contributed by atoms with Crippen LogP contribution in [0.1, 0.15) is 18.1 Å². The Kier molecular flexibility index (Phi) is 3.32. The largest absolute Gasteiger partial charge is 0.154 e. The number of benzene rings is 2. The lowest BCUT2D eigenvalue weighted by molar-refractivity contribution is 0.909. The Labute approximate surface area is 139 Å². The van der Waals surface area contributed by atoms with Gasteiger partial charge in [-0.1, -0.05) is 54.4 Å². The van der Waals surface area contributed by atoms with E-state index in [4.69, 9.17) is 23.2 Å². The van der Waals surface area contributed by atoms with Gasteiger partial charge >= 0.3 is 0 Å². The van der Waals surface area contributed by atoms with E-state index in [1.54, 1.807) is 0 Å². The van der Waals surface area contributed by atoms with Crippen LogP contribution in [0, 0.1) is 17.8 Å². The summed E-state index contributed by atoms with van der Waals surface area (Å²) < 4.78 is 0. The normalized spacial score (nSPS) is 26.0. The third kappa shape index (κ3) is 2.27. The predicted octanol–water partition coefficient (Wildman–Crippen LogP) is 5.08. The first kappa shape index (κ1) is 14.0. The Morgan fingerprint density at radius 3 is 1.64 bits per heavy atom. The zero-order valence-electron chi connectivity index (χ0n) is 12.0. The van der Waals surface area contributed by atoms with Crippen LogP contribution in [0.5, 0.6) is 0 Å². The van der Waals surface area contributed by atoms with Gasteiger partial charge in [-0.3, -0.25) is 0 Å². The van der Waals surface area contributed by atoms with E-state index in [-0.39, 0.29) is 0 Å². The van der Waals surface area contributed by atoms with Gasteiger partial charge in [0.1, 0.15) is 0 Å². The van der Waals surface area contributed by atoms with Gasteiger partial charge < -0.3 is 0 Å². The van der Waals surface area contributed by atoms with Crippen molar-refractivity contribution in [2.45, 2.75) is 6.92 Å². The van der Waals surface area contributed by atoms with E-state index in [1.807, 2.05) is 48.5 Å². The first-order valence-electron chi connectivity index (χ1n) is 7.32. The maximum Gasteiger partial charge on any atom is 0.0743 e. The fourth-order valence-electron chi connectivity index (χ4n) is 3.34. The predicted molar refractivity (Wildman–Crippen MR) is 92.1 cm³/mol. The van der Waals surface area contributed by atoms with E-state index in [2.05, 4.69) is 17.1 Å². The van der Waals surface area contributed by atoms with Gasteiger partial charge in [0, 0.05) is 21.9 Å². The quantitative estimate of drug-likeness (QED) is 0.734. The maximum atomic E-state index is 6.10. The maximum absolute atomic E-state index is 6.10. The molecule has 1 saturated carbocycles. The Morgan fingerprint density at radius 2 is 1.23 bits per heavy atom. The minimum Gasteiger partial charge on any atom is -0.154 e. The average molecular weight is 329 g/mol. The summed E-state index contributed by atoms with van der Waals surface area (Å²) >= 11 is 12.2. The first-order valence-corrected chi connectivity index (χ1v) is 8.08. The molecule has 0 radical (unpaired) electrons. The minimum atomic E-state index is 0.421.